The highest BCUT2D eigenvalue weighted by Gasteiger charge is 2.30. The van der Waals surface area contributed by atoms with E-state index in [1.165, 1.54) is 25.7 Å². The average molecular weight is 245 g/mol. The molecular weight excluding hydrogens is 226 g/mol. The van der Waals surface area contributed by atoms with Crippen LogP contribution in [0.15, 0.2) is 24.3 Å². The topological polar surface area (TPSA) is 58.4 Å². The van der Waals surface area contributed by atoms with Crippen molar-refractivity contribution in [1.29, 1.82) is 0 Å². The summed E-state index contributed by atoms with van der Waals surface area (Å²) in [4.78, 5) is 14.2. The Kier molecular flexibility index (Phi) is 2.96. The number of nitrogens with two attached hydrogens (primary N) is 1. The molecule has 4 heteroatoms. The van der Waals surface area contributed by atoms with E-state index in [1.54, 1.807) is 0 Å². The lowest BCUT2D eigenvalue weighted by Crippen LogP contribution is -2.46. The first-order valence-electron chi connectivity index (χ1n) is 6.68. The first-order chi connectivity index (χ1) is 8.75. The van der Waals surface area contributed by atoms with Crippen molar-refractivity contribution in [2.75, 3.05) is 16.8 Å². The fraction of sp³-hybridized carbons (Fsp3) is 0.500. The van der Waals surface area contributed by atoms with Crippen molar-refractivity contribution in [2.24, 2.45) is 5.73 Å². The van der Waals surface area contributed by atoms with E-state index in [4.69, 9.17) is 5.73 Å². The van der Waals surface area contributed by atoms with Crippen LogP contribution in [0.2, 0.25) is 0 Å². The SMILES string of the molecule is N[C@@H]1CN(C2CCCC2)c2ccccc2NC1=O. The lowest BCUT2D eigenvalue weighted by atomic mass is 10.1. The van der Waals surface area contributed by atoms with Crippen LogP contribution in [0.1, 0.15) is 25.7 Å². The Morgan fingerprint density at radius 1 is 1.22 bits per heavy atom. The second-order valence-corrected chi connectivity index (χ2v) is 5.20. The number of amides is 1. The summed E-state index contributed by atoms with van der Waals surface area (Å²) in [5, 5.41) is 2.92. The fourth-order valence-electron chi connectivity index (χ4n) is 3.01. The zero-order chi connectivity index (χ0) is 12.5. The van der Waals surface area contributed by atoms with Gasteiger partial charge in [0, 0.05) is 12.6 Å². The summed E-state index contributed by atoms with van der Waals surface area (Å²) >= 11 is 0. The number of rotatable bonds is 1. The number of nitrogens with one attached hydrogen (secondary N) is 1. The largest absolute Gasteiger partial charge is 0.365 e. The lowest BCUT2D eigenvalue weighted by Gasteiger charge is -2.31. The van der Waals surface area contributed by atoms with Crippen LogP contribution in [-0.4, -0.2) is 24.5 Å². The van der Waals surface area contributed by atoms with Crippen molar-refractivity contribution < 1.29 is 4.79 Å². The monoisotopic (exact) mass is 245 g/mol. The second kappa shape index (κ2) is 4.61. The summed E-state index contributed by atoms with van der Waals surface area (Å²) in [7, 11) is 0. The van der Waals surface area contributed by atoms with Gasteiger partial charge in [-0.15, -0.1) is 0 Å². The van der Waals surface area contributed by atoms with E-state index in [9.17, 15) is 4.79 Å². The molecule has 3 N–H and O–H groups in total. The van der Waals surface area contributed by atoms with Crippen LogP contribution >= 0.6 is 0 Å². The third kappa shape index (κ3) is 1.97. The highest BCUT2D eigenvalue weighted by atomic mass is 16.2. The van der Waals surface area contributed by atoms with Gasteiger partial charge in [-0.25, -0.2) is 0 Å². The molecule has 1 fully saturated rings. The van der Waals surface area contributed by atoms with E-state index in [0.717, 1.165) is 11.4 Å². The third-order valence-electron chi connectivity index (χ3n) is 3.97. The molecule has 18 heavy (non-hydrogen) atoms. The van der Waals surface area contributed by atoms with Gasteiger partial charge in [-0.3, -0.25) is 4.79 Å². The van der Waals surface area contributed by atoms with Crippen molar-refractivity contribution in [3.05, 3.63) is 24.3 Å². The number of anilines is 2. The predicted octanol–water partition coefficient (Wildman–Crippen LogP) is 1.71. The van der Waals surface area contributed by atoms with Crippen LogP contribution in [0.3, 0.4) is 0 Å². The molecule has 1 amide bonds. The summed E-state index contributed by atoms with van der Waals surface area (Å²) in [6.45, 7) is 0.619. The molecule has 3 rings (SSSR count). The van der Waals surface area contributed by atoms with Crippen LogP contribution in [0.25, 0.3) is 0 Å². The molecule has 0 saturated heterocycles. The van der Waals surface area contributed by atoms with Gasteiger partial charge in [-0.2, -0.15) is 0 Å². The van der Waals surface area contributed by atoms with Gasteiger partial charge in [-0.05, 0) is 25.0 Å². The maximum atomic E-state index is 11.9. The Morgan fingerprint density at radius 2 is 1.94 bits per heavy atom. The van der Waals surface area contributed by atoms with Gasteiger partial charge in [0.2, 0.25) is 5.91 Å². The van der Waals surface area contributed by atoms with Gasteiger partial charge in [0.1, 0.15) is 6.04 Å². The minimum atomic E-state index is -0.446. The van der Waals surface area contributed by atoms with Gasteiger partial charge < -0.3 is 16.0 Å². The van der Waals surface area contributed by atoms with Crippen molar-refractivity contribution in [2.45, 2.75) is 37.8 Å². The van der Waals surface area contributed by atoms with Crippen LogP contribution in [0.4, 0.5) is 11.4 Å². The summed E-state index contributed by atoms with van der Waals surface area (Å²) in [6.07, 6.45) is 4.96. The molecule has 1 aromatic rings. The minimum absolute atomic E-state index is 0.0806. The third-order valence-corrected chi connectivity index (χ3v) is 3.97. The summed E-state index contributed by atoms with van der Waals surface area (Å²) in [6, 6.07) is 8.08. The number of carbonyl (C=O) groups is 1. The number of fused-ring (bicyclic) bond motifs is 1. The Labute approximate surface area is 107 Å². The van der Waals surface area contributed by atoms with Crippen LogP contribution in [0, 0.1) is 0 Å². The first kappa shape index (κ1) is 11.5. The Morgan fingerprint density at radius 3 is 2.72 bits per heavy atom. The molecular formula is C14H19N3O. The smallest absolute Gasteiger partial charge is 0.243 e. The van der Waals surface area contributed by atoms with Gasteiger partial charge in [-0.1, -0.05) is 25.0 Å². The lowest BCUT2D eigenvalue weighted by molar-refractivity contribution is -0.117. The van der Waals surface area contributed by atoms with E-state index < -0.39 is 6.04 Å². The normalized spacial score (nSPS) is 24.6. The van der Waals surface area contributed by atoms with Gasteiger partial charge >= 0.3 is 0 Å². The molecule has 96 valence electrons. The predicted molar refractivity (Wildman–Crippen MR) is 72.6 cm³/mol. The molecule has 0 bridgehead atoms. The molecule has 4 nitrogen and oxygen atoms in total. The molecule has 2 aliphatic rings. The molecule has 1 saturated carbocycles. The number of hydrogen-bond donors (Lipinski definition) is 2. The van der Waals surface area contributed by atoms with Gasteiger partial charge in [0.05, 0.1) is 11.4 Å². The number of nitrogens with zero attached hydrogens (tertiary/aromatic N) is 1. The molecule has 0 aromatic heterocycles. The second-order valence-electron chi connectivity index (χ2n) is 5.20. The molecule has 1 aliphatic carbocycles. The zero-order valence-electron chi connectivity index (χ0n) is 10.4. The number of carbonyl (C=O) groups excluding carboxylic acids is 1. The maximum Gasteiger partial charge on any atom is 0.243 e. The number of hydrogen-bond acceptors (Lipinski definition) is 3. The summed E-state index contributed by atoms with van der Waals surface area (Å²) in [5.41, 5.74) is 7.97. The summed E-state index contributed by atoms with van der Waals surface area (Å²) in [5.74, 6) is -0.0806. The summed E-state index contributed by atoms with van der Waals surface area (Å²) < 4.78 is 0. The highest BCUT2D eigenvalue weighted by Crippen LogP contribution is 2.34. The van der Waals surface area contributed by atoms with Gasteiger partial charge in [0.25, 0.3) is 0 Å². The van der Waals surface area contributed by atoms with Crippen LogP contribution in [-0.2, 0) is 4.79 Å². The van der Waals surface area contributed by atoms with E-state index in [0.29, 0.717) is 12.6 Å². The molecule has 1 aromatic carbocycles. The van der Waals surface area contributed by atoms with Crippen LogP contribution < -0.4 is 16.0 Å². The van der Waals surface area contributed by atoms with Crippen LogP contribution in [0.5, 0.6) is 0 Å². The van der Waals surface area contributed by atoms with E-state index >= 15 is 0 Å². The Hall–Kier alpha value is -1.55. The molecule has 1 heterocycles. The molecule has 0 radical (unpaired) electrons. The highest BCUT2D eigenvalue weighted by molar-refractivity contribution is 5.99. The van der Waals surface area contributed by atoms with Gasteiger partial charge in [0.15, 0.2) is 0 Å². The molecule has 0 unspecified atom stereocenters. The standard InChI is InChI=1S/C14H19N3O/c15-11-9-17(10-5-1-2-6-10)13-8-4-3-7-12(13)16-14(11)18/h3-4,7-8,10-11H,1-2,5-6,9,15H2,(H,16,18)/t11-/m1/s1. The first-order valence-corrected chi connectivity index (χ1v) is 6.68. The van der Waals surface area contributed by atoms with E-state index in [1.807, 2.05) is 18.2 Å². The quantitative estimate of drug-likeness (QED) is 0.792. The minimum Gasteiger partial charge on any atom is -0.365 e. The van der Waals surface area contributed by atoms with E-state index in [2.05, 4.69) is 16.3 Å². The zero-order valence-corrected chi connectivity index (χ0v) is 10.4. The molecule has 1 aliphatic heterocycles. The number of para-hydroxylation sites is 2. The van der Waals surface area contributed by atoms with E-state index in [-0.39, 0.29) is 5.91 Å². The average Bonchev–Trinajstić information content (AvgIpc) is 2.86. The number of benzene rings is 1. The Bertz CT molecular complexity index is 454. The fourth-order valence-corrected chi connectivity index (χ4v) is 3.01. The van der Waals surface area contributed by atoms with Crippen molar-refractivity contribution in [3.8, 4) is 0 Å². The van der Waals surface area contributed by atoms with Crippen molar-refractivity contribution >= 4 is 17.3 Å². The molecule has 1 atom stereocenters. The molecule has 0 spiro atoms. The maximum absolute atomic E-state index is 11.9. The van der Waals surface area contributed by atoms with Crippen molar-refractivity contribution in [1.82, 2.24) is 0 Å². The van der Waals surface area contributed by atoms with Crippen molar-refractivity contribution in [3.63, 3.8) is 0 Å². The Balaban J connectivity index is 1.98.